The maximum atomic E-state index is 10.8. The number of aliphatic hydroxyl groups excluding tert-OH is 1. The van der Waals surface area contributed by atoms with Crippen molar-refractivity contribution in [3.63, 3.8) is 0 Å². The molecule has 2 aliphatic heterocycles. The minimum Gasteiger partial charge on any atom is -0.387 e. The predicted molar refractivity (Wildman–Crippen MR) is 93.4 cm³/mol. The topological polar surface area (TPSA) is 66.4 Å². The van der Waals surface area contributed by atoms with Gasteiger partial charge in [0.1, 0.15) is 24.4 Å². The van der Waals surface area contributed by atoms with Crippen LogP contribution < -0.4 is 0 Å². The van der Waals surface area contributed by atoms with Crippen molar-refractivity contribution in [1.82, 2.24) is 0 Å². The fourth-order valence-electron chi connectivity index (χ4n) is 3.57. The zero-order valence-electron chi connectivity index (χ0n) is 15.5. The molecular weight excluding hydrogens is 336 g/mol. The molecule has 6 heteroatoms. The zero-order valence-corrected chi connectivity index (χ0v) is 15.5. The van der Waals surface area contributed by atoms with Gasteiger partial charge in [-0.25, -0.2) is 0 Å². The van der Waals surface area contributed by atoms with Gasteiger partial charge in [0.15, 0.2) is 12.1 Å². The molecule has 0 radical (unpaired) electrons. The largest absolute Gasteiger partial charge is 0.387 e. The molecule has 2 saturated heterocycles. The lowest BCUT2D eigenvalue weighted by Crippen LogP contribution is -2.44. The van der Waals surface area contributed by atoms with Crippen molar-refractivity contribution >= 4 is 0 Å². The Morgan fingerprint density at radius 2 is 1.92 bits per heavy atom. The van der Waals surface area contributed by atoms with E-state index >= 15 is 0 Å². The number of aliphatic hydroxyl groups is 1. The summed E-state index contributed by atoms with van der Waals surface area (Å²) >= 11 is 0. The molecule has 26 heavy (non-hydrogen) atoms. The summed E-state index contributed by atoms with van der Waals surface area (Å²) in [6.45, 7) is 6.01. The molecule has 0 bridgehead atoms. The van der Waals surface area contributed by atoms with E-state index in [1.807, 2.05) is 51.1 Å². The number of hydrogen-bond acceptors (Lipinski definition) is 6. The molecule has 1 aromatic carbocycles. The first-order valence-corrected chi connectivity index (χ1v) is 9.44. The molecule has 0 amide bonds. The van der Waals surface area contributed by atoms with Gasteiger partial charge in [-0.2, -0.15) is 0 Å². The van der Waals surface area contributed by atoms with E-state index in [9.17, 15) is 5.11 Å². The van der Waals surface area contributed by atoms with Crippen molar-refractivity contribution in [2.45, 2.75) is 82.3 Å². The van der Waals surface area contributed by atoms with Crippen molar-refractivity contribution < 1.29 is 28.8 Å². The standard InChI is InChI=1S/C20H28O6/c1-12(13-7-5-4-6-8-13)23-15(11-22-14-9-10-14)17-16(21)18-19(24-17)26-20(2,3)25-18/h4-8,12,14-19,21H,9-11H2,1-3H3/t12?,15?,16?,17-,18?,19-/m1/s1. The van der Waals surface area contributed by atoms with Crippen LogP contribution in [0.2, 0.25) is 0 Å². The Balaban J connectivity index is 1.45. The average molecular weight is 364 g/mol. The van der Waals surface area contributed by atoms with E-state index in [0.29, 0.717) is 12.7 Å². The number of rotatable bonds is 7. The summed E-state index contributed by atoms with van der Waals surface area (Å²) in [7, 11) is 0. The van der Waals surface area contributed by atoms with Crippen molar-refractivity contribution in [1.29, 1.82) is 0 Å². The minimum absolute atomic E-state index is 0.140. The van der Waals surface area contributed by atoms with Crippen LogP contribution in [-0.4, -0.2) is 54.3 Å². The molecule has 4 rings (SSSR count). The molecule has 6 atom stereocenters. The van der Waals surface area contributed by atoms with E-state index in [0.717, 1.165) is 18.4 Å². The summed E-state index contributed by atoms with van der Waals surface area (Å²) in [6, 6.07) is 10.0. The molecule has 1 N–H and O–H groups in total. The zero-order chi connectivity index (χ0) is 18.3. The average Bonchev–Trinajstić information content (AvgIpc) is 3.33. The quantitative estimate of drug-likeness (QED) is 0.802. The summed E-state index contributed by atoms with van der Waals surface area (Å²) in [4.78, 5) is 0. The van der Waals surface area contributed by atoms with Gasteiger partial charge in [0.05, 0.1) is 18.8 Å². The second-order valence-corrected chi connectivity index (χ2v) is 7.82. The van der Waals surface area contributed by atoms with Crippen molar-refractivity contribution in [3.05, 3.63) is 35.9 Å². The molecule has 3 fully saturated rings. The van der Waals surface area contributed by atoms with Crippen LogP contribution in [0.15, 0.2) is 30.3 Å². The third-order valence-corrected chi connectivity index (χ3v) is 5.09. The highest BCUT2D eigenvalue weighted by molar-refractivity contribution is 5.17. The molecule has 0 aromatic heterocycles. The van der Waals surface area contributed by atoms with Crippen LogP contribution in [0.1, 0.15) is 45.3 Å². The number of hydrogen-bond donors (Lipinski definition) is 1. The molecule has 3 aliphatic rings. The lowest BCUT2D eigenvalue weighted by atomic mass is 10.1. The summed E-state index contributed by atoms with van der Waals surface area (Å²) in [5, 5.41) is 10.8. The van der Waals surface area contributed by atoms with Crippen LogP contribution in [0, 0.1) is 0 Å². The monoisotopic (exact) mass is 364 g/mol. The molecular formula is C20H28O6. The van der Waals surface area contributed by atoms with Gasteiger partial charge in [-0.1, -0.05) is 30.3 Å². The smallest absolute Gasteiger partial charge is 0.190 e. The van der Waals surface area contributed by atoms with Gasteiger partial charge in [0.2, 0.25) is 0 Å². The second kappa shape index (κ2) is 7.19. The number of benzene rings is 1. The predicted octanol–water partition coefficient (Wildman–Crippen LogP) is 2.55. The molecule has 2 heterocycles. The fraction of sp³-hybridized carbons (Fsp3) is 0.700. The van der Waals surface area contributed by atoms with Gasteiger partial charge in [0.25, 0.3) is 0 Å². The molecule has 144 valence electrons. The molecule has 6 nitrogen and oxygen atoms in total. The highest BCUT2D eigenvalue weighted by Crippen LogP contribution is 2.39. The third-order valence-electron chi connectivity index (χ3n) is 5.09. The minimum atomic E-state index is -0.822. The summed E-state index contributed by atoms with van der Waals surface area (Å²) < 4.78 is 29.7. The Labute approximate surface area is 154 Å². The van der Waals surface area contributed by atoms with Crippen LogP contribution in [0.3, 0.4) is 0 Å². The van der Waals surface area contributed by atoms with E-state index in [1.54, 1.807) is 0 Å². The molecule has 0 spiro atoms. The summed E-state index contributed by atoms with van der Waals surface area (Å²) in [6.07, 6.45) is -0.527. The first-order chi connectivity index (χ1) is 12.4. The Morgan fingerprint density at radius 3 is 2.58 bits per heavy atom. The normalized spacial score (nSPS) is 35.2. The van der Waals surface area contributed by atoms with E-state index in [1.165, 1.54) is 0 Å². The SMILES string of the molecule is CC(OC(COC1CC1)[C@H]1O[C@@H]2OC(C)(C)OC2C1O)c1ccccc1. The van der Waals surface area contributed by atoms with E-state index in [4.69, 9.17) is 23.7 Å². The summed E-state index contributed by atoms with van der Waals surface area (Å²) in [5.74, 6) is -0.751. The van der Waals surface area contributed by atoms with Gasteiger partial charge >= 0.3 is 0 Å². The lowest BCUT2D eigenvalue weighted by molar-refractivity contribution is -0.236. The first-order valence-electron chi connectivity index (χ1n) is 9.44. The Hall–Kier alpha value is -1.02. The molecule has 1 saturated carbocycles. The van der Waals surface area contributed by atoms with Crippen LogP contribution in [-0.2, 0) is 23.7 Å². The maximum Gasteiger partial charge on any atom is 0.190 e. The number of fused-ring (bicyclic) bond motifs is 1. The van der Waals surface area contributed by atoms with E-state index in [-0.39, 0.29) is 6.10 Å². The first kappa shape index (κ1) is 18.3. The van der Waals surface area contributed by atoms with Crippen LogP contribution in [0.25, 0.3) is 0 Å². The van der Waals surface area contributed by atoms with Crippen LogP contribution in [0.5, 0.6) is 0 Å². The third kappa shape index (κ3) is 3.96. The van der Waals surface area contributed by atoms with Gasteiger partial charge < -0.3 is 28.8 Å². The van der Waals surface area contributed by atoms with E-state index in [2.05, 4.69) is 0 Å². The van der Waals surface area contributed by atoms with Gasteiger partial charge in [-0.3, -0.25) is 0 Å². The van der Waals surface area contributed by atoms with Crippen LogP contribution >= 0.6 is 0 Å². The lowest BCUT2D eigenvalue weighted by Gasteiger charge is -2.30. The maximum absolute atomic E-state index is 10.8. The second-order valence-electron chi connectivity index (χ2n) is 7.82. The highest BCUT2D eigenvalue weighted by Gasteiger charge is 2.56. The molecule has 4 unspecified atom stereocenters. The van der Waals surface area contributed by atoms with Crippen molar-refractivity contribution in [2.75, 3.05) is 6.61 Å². The summed E-state index contributed by atoms with van der Waals surface area (Å²) in [5.41, 5.74) is 1.07. The van der Waals surface area contributed by atoms with Gasteiger partial charge in [-0.15, -0.1) is 0 Å². The molecule has 1 aliphatic carbocycles. The van der Waals surface area contributed by atoms with Gasteiger partial charge in [0, 0.05) is 0 Å². The van der Waals surface area contributed by atoms with Gasteiger partial charge in [-0.05, 0) is 39.2 Å². The van der Waals surface area contributed by atoms with Crippen molar-refractivity contribution in [2.24, 2.45) is 0 Å². The van der Waals surface area contributed by atoms with E-state index < -0.39 is 36.5 Å². The van der Waals surface area contributed by atoms with Crippen LogP contribution in [0.4, 0.5) is 0 Å². The number of ether oxygens (including phenoxy) is 5. The Bertz CT molecular complexity index is 602. The van der Waals surface area contributed by atoms with Crippen molar-refractivity contribution in [3.8, 4) is 0 Å². The Morgan fingerprint density at radius 1 is 1.19 bits per heavy atom. The highest BCUT2D eigenvalue weighted by atomic mass is 16.8. The fourth-order valence-corrected chi connectivity index (χ4v) is 3.57. The molecule has 1 aromatic rings. The Kier molecular flexibility index (Phi) is 5.07.